The summed E-state index contributed by atoms with van der Waals surface area (Å²) in [5, 5.41) is 0. The Morgan fingerprint density at radius 2 is 1.00 bits per heavy atom. The van der Waals surface area contributed by atoms with E-state index in [1.807, 2.05) is 0 Å². The number of rotatable bonds is 0. The molecule has 0 aliphatic carbocycles. The van der Waals surface area contributed by atoms with Gasteiger partial charge in [0.05, 0.1) is 0 Å². The second-order valence-corrected chi connectivity index (χ2v) is 0. The Morgan fingerprint density at radius 3 is 1.00 bits per heavy atom. The Balaban J connectivity index is 0. The van der Waals surface area contributed by atoms with Crippen LogP contribution in [-0.4, -0.2) is 54.4 Å². The molecule has 2 N–H and O–H groups in total. The van der Waals surface area contributed by atoms with E-state index in [9.17, 15) is 0 Å². The molecule has 0 aliphatic rings. The average Bonchev–Trinajstić information content (AvgIpc) is 0. The fraction of sp³-hybridized carbons (Fsp3) is 0. The van der Waals surface area contributed by atoms with Crippen molar-refractivity contribution in [2.45, 2.75) is 0 Å². The Morgan fingerprint density at radius 1 is 1.00 bits per heavy atom. The number of hydrogen-bond donors (Lipinski definition) is 0. The number of hydrogen-bond acceptors (Lipinski definition) is 0. The topological polar surface area (TPSA) is 31.5 Å². The van der Waals surface area contributed by atoms with Crippen LogP contribution in [0.3, 0.4) is 0 Å². The summed E-state index contributed by atoms with van der Waals surface area (Å²) in [4.78, 5) is 0. The minimum Gasteiger partial charge on any atom is -0.412 e. The van der Waals surface area contributed by atoms with Gasteiger partial charge in [0.1, 0.15) is 0 Å². The molecule has 0 aromatic heterocycles. The third kappa shape index (κ3) is 17.7. The summed E-state index contributed by atoms with van der Waals surface area (Å²) in [6.45, 7) is 0. The standard InChI is InChI=1S/Ba.Cu.Gd.H2O.Y/h;;;1H2;. The second kappa shape index (κ2) is 23.6. The molecule has 0 atom stereocenters. The van der Waals surface area contributed by atoms with Gasteiger partial charge in [-0.1, -0.05) is 0 Å². The fourth-order valence-electron chi connectivity index (χ4n) is 0. The summed E-state index contributed by atoms with van der Waals surface area (Å²) >= 11 is 0. The van der Waals surface area contributed by atoms with Gasteiger partial charge in [-0.3, -0.25) is 0 Å². The van der Waals surface area contributed by atoms with E-state index in [-0.39, 0.29) is 144 Å². The van der Waals surface area contributed by atoms with Gasteiger partial charge >= 0.3 is 0 Å². The predicted octanol–water partition coefficient (Wildman–Crippen LogP) is -1.21. The third-order valence-corrected chi connectivity index (χ3v) is 0. The predicted molar refractivity (Wildman–Crippen MR) is 9.37 cm³/mol. The second-order valence-electron chi connectivity index (χ2n) is 0. The van der Waals surface area contributed by atoms with Crippen molar-refractivity contribution in [2.75, 3.05) is 0 Å². The molecule has 5 heavy (non-hydrogen) atoms. The largest absolute Gasteiger partial charge is 0.412 e. The van der Waals surface area contributed by atoms with Gasteiger partial charge in [0, 0.05) is 139 Å². The first-order valence-corrected chi connectivity index (χ1v) is 0. The van der Waals surface area contributed by atoms with Crippen molar-refractivity contribution in [2.24, 2.45) is 0 Å². The molecule has 1 nitrogen and oxygen atoms in total. The Labute approximate surface area is 140 Å². The first-order chi connectivity index (χ1) is 0. The van der Waals surface area contributed by atoms with E-state index in [4.69, 9.17) is 0 Å². The van der Waals surface area contributed by atoms with Gasteiger partial charge in [0.15, 0.2) is 0 Å². The van der Waals surface area contributed by atoms with Gasteiger partial charge in [-0.15, -0.1) is 0 Å². The Kier molecular flexibility index (Phi) is 161. The van der Waals surface area contributed by atoms with Crippen LogP contribution in [0, 0.1) is 39.9 Å². The maximum Gasteiger partial charge on any atom is 0 e. The quantitative estimate of drug-likeness (QED) is 0.403. The normalized spacial score (nSPS) is 0. The fourth-order valence-corrected chi connectivity index (χ4v) is 0. The van der Waals surface area contributed by atoms with Crippen molar-refractivity contribution in [1.82, 2.24) is 0 Å². The van der Waals surface area contributed by atoms with Crippen molar-refractivity contribution >= 4 is 48.9 Å². The summed E-state index contributed by atoms with van der Waals surface area (Å²) in [6, 6.07) is 0. The van der Waals surface area contributed by atoms with Gasteiger partial charge in [0.25, 0.3) is 0 Å². The average molecular weight is 465 g/mol. The summed E-state index contributed by atoms with van der Waals surface area (Å²) in [5.41, 5.74) is 0. The molecule has 32 valence electrons. The van der Waals surface area contributed by atoms with Gasteiger partial charge in [-0.2, -0.15) is 0 Å². The SMILES string of the molecule is O.[Ba].[Cu].[Gd].[Y]. The zero-order valence-electron chi connectivity index (χ0n) is 2.44. The molecule has 0 rings (SSSR count). The van der Waals surface area contributed by atoms with Crippen LogP contribution in [0.2, 0.25) is 0 Å². The van der Waals surface area contributed by atoms with Crippen molar-refractivity contribution in [1.29, 1.82) is 0 Å². The molecule has 0 unspecified atom stereocenters. The summed E-state index contributed by atoms with van der Waals surface area (Å²) in [5.74, 6) is 0. The van der Waals surface area contributed by atoms with Crippen LogP contribution in [0.4, 0.5) is 0 Å². The zero-order chi connectivity index (χ0) is 0. The van der Waals surface area contributed by atoms with Crippen molar-refractivity contribution in [3.8, 4) is 0 Å². The summed E-state index contributed by atoms with van der Waals surface area (Å²) < 4.78 is 0. The van der Waals surface area contributed by atoms with Crippen LogP contribution in [-0.2, 0) is 49.8 Å². The molecule has 0 saturated carbocycles. The molecule has 0 saturated heterocycles. The smallest absolute Gasteiger partial charge is 0 e. The van der Waals surface area contributed by atoms with E-state index >= 15 is 0 Å². The summed E-state index contributed by atoms with van der Waals surface area (Å²) in [6.07, 6.45) is 0. The summed E-state index contributed by atoms with van der Waals surface area (Å²) in [7, 11) is 0. The van der Waals surface area contributed by atoms with Gasteiger partial charge in [-0.05, 0) is 0 Å². The van der Waals surface area contributed by atoms with Gasteiger partial charge in [-0.25, -0.2) is 0 Å². The molecule has 0 aromatic carbocycles. The minimum absolute atomic E-state index is 0. The van der Waals surface area contributed by atoms with Crippen LogP contribution in [0.5, 0.6) is 0 Å². The van der Waals surface area contributed by atoms with Gasteiger partial charge < -0.3 is 5.48 Å². The first kappa shape index (κ1) is 34.0. The zero-order valence-corrected chi connectivity index (χ0v) is 12.9. The molecule has 0 aliphatic heterocycles. The molecule has 5 heteroatoms. The molecule has 0 heterocycles. The monoisotopic (exact) mass is 466 g/mol. The molecule has 0 amide bonds. The van der Waals surface area contributed by atoms with E-state index in [0.717, 1.165) is 0 Å². The van der Waals surface area contributed by atoms with E-state index in [2.05, 4.69) is 0 Å². The molecular formula is H2BaCuGdOY. The van der Waals surface area contributed by atoms with Crippen molar-refractivity contribution < 1.29 is 95.2 Å². The van der Waals surface area contributed by atoms with Crippen LogP contribution >= 0.6 is 0 Å². The molecule has 0 aromatic rings. The van der Waals surface area contributed by atoms with E-state index in [1.54, 1.807) is 0 Å². The van der Waals surface area contributed by atoms with Crippen LogP contribution in [0.25, 0.3) is 0 Å². The Hall–Kier alpha value is 4.48. The van der Waals surface area contributed by atoms with Gasteiger partial charge in [0.2, 0.25) is 0 Å². The maximum absolute atomic E-state index is 0. The van der Waals surface area contributed by atoms with E-state index in [0.29, 0.717) is 0 Å². The molecule has 0 fully saturated rings. The van der Waals surface area contributed by atoms with E-state index < -0.39 is 0 Å². The molecular weight excluding hydrogens is 463 g/mol. The molecule has 0 bridgehead atoms. The first-order valence-electron chi connectivity index (χ1n) is 0. The Bertz CT molecular complexity index is 11.6. The minimum atomic E-state index is 0. The van der Waals surface area contributed by atoms with Crippen LogP contribution in [0.15, 0.2) is 0 Å². The van der Waals surface area contributed by atoms with Crippen molar-refractivity contribution in [3.63, 3.8) is 0 Å². The van der Waals surface area contributed by atoms with Crippen molar-refractivity contribution in [3.05, 3.63) is 0 Å². The van der Waals surface area contributed by atoms with Crippen LogP contribution < -0.4 is 0 Å². The third-order valence-electron chi connectivity index (χ3n) is 0. The van der Waals surface area contributed by atoms with E-state index in [1.165, 1.54) is 0 Å². The van der Waals surface area contributed by atoms with Crippen LogP contribution in [0.1, 0.15) is 0 Å². The maximum atomic E-state index is 0. The molecule has 0 spiro atoms. The molecule has 4 radical (unpaired) electrons.